The topological polar surface area (TPSA) is 95.9 Å². The van der Waals surface area contributed by atoms with Crippen LogP contribution in [-0.2, 0) is 4.79 Å². The summed E-state index contributed by atoms with van der Waals surface area (Å²) in [5, 5.41) is 19.0. The lowest BCUT2D eigenvalue weighted by Gasteiger charge is -2.26. The van der Waals surface area contributed by atoms with Crippen LogP contribution in [0.1, 0.15) is 5.56 Å². The Labute approximate surface area is 225 Å². The molecule has 4 aromatic carbocycles. The molecule has 1 aromatic heterocycles. The van der Waals surface area contributed by atoms with Crippen molar-refractivity contribution >= 4 is 40.1 Å². The number of carboxylic acid groups (broad SMARTS) is 1. The molecule has 1 heterocycles. The molecular weight excluding hydrogens is 492 g/mol. The second-order valence-electron chi connectivity index (χ2n) is 8.66. The molecule has 5 aromatic rings. The number of aliphatic carboxylic acids is 1. The van der Waals surface area contributed by atoms with Crippen molar-refractivity contribution in [2.45, 2.75) is 0 Å². The van der Waals surface area contributed by atoms with E-state index in [0.717, 1.165) is 39.5 Å². The van der Waals surface area contributed by atoms with Gasteiger partial charge in [0.1, 0.15) is 34.5 Å². The van der Waals surface area contributed by atoms with Crippen LogP contribution in [0.2, 0.25) is 0 Å². The monoisotopic (exact) mass is 516 g/mol. The molecule has 7 nitrogen and oxygen atoms in total. The molecule has 5 rings (SSSR count). The molecule has 192 valence electrons. The Kier molecular flexibility index (Phi) is 7.02. The van der Waals surface area contributed by atoms with Crippen molar-refractivity contribution in [3.63, 3.8) is 0 Å². The van der Waals surface area contributed by atoms with Crippen molar-refractivity contribution in [1.82, 2.24) is 0 Å². The van der Waals surface area contributed by atoms with Crippen LogP contribution in [0, 0.1) is 11.3 Å². The SMILES string of the molecule is COc1ccc(N(c2ccc(OC)cc2)c2ccc(-c3cc4ccc(C=C(C#N)C(=O)O)cc4o3)cc2)cc1. The molecular formula is C32H24N2O5. The van der Waals surface area contributed by atoms with Crippen molar-refractivity contribution in [2.24, 2.45) is 0 Å². The number of carboxylic acids is 1. The van der Waals surface area contributed by atoms with E-state index in [1.54, 1.807) is 32.4 Å². The molecule has 0 amide bonds. The molecule has 0 aliphatic rings. The first-order chi connectivity index (χ1) is 19.0. The van der Waals surface area contributed by atoms with Gasteiger partial charge in [-0.25, -0.2) is 4.79 Å². The second-order valence-corrected chi connectivity index (χ2v) is 8.66. The Hall–Kier alpha value is -5.48. The first-order valence-electron chi connectivity index (χ1n) is 12.1. The summed E-state index contributed by atoms with van der Waals surface area (Å²) in [5.74, 6) is 0.964. The fourth-order valence-electron chi connectivity index (χ4n) is 4.27. The third kappa shape index (κ3) is 5.31. The number of carbonyl (C=O) groups is 1. The number of ether oxygens (including phenoxy) is 2. The van der Waals surface area contributed by atoms with Gasteiger partial charge in [0.15, 0.2) is 0 Å². The summed E-state index contributed by atoms with van der Waals surface area (Å²) in [7, 11) is 3.29. The Morgan fingerprint density at radius 2 is 1.36 bits per heavy atom. The van der Waals surface area contributed by atoms with Crippen molar-refractivity contribution in [2.75, 3.05) is 19.1 Å². The van der Waals surface area contributed by atoms with E-state index in [1.807, 2.05) is 84.9 Å². The number of nitriles is 1. The molecule has 0 aliphatic carbocycles. The van der Waals surface area contributed by atoms with Crippen LogP contribution >= 0.6 is 0 Å². The number of nitrogens with zero attached hydrogens (tertiary/aromatic N) is 2. The number of hydrogen-bond donors (Lipinski definition) is 1. The standard InChI is InChI=1S/C32H24N2O5/c1-37-28-13-9-26(10-14-28)34(27-11-15-29(38-2)16-12-27)25-7-5-22(6-8-25)31-19-23-4-3-21(18-30(23)39-31)17-24(20-33)32(35)36/h3-19H,1-2H3,(H,35,36). The number of furan rings is 1. The average molecular weight is 517 g/mol. The highest BCUT2D eigenvalue weighted by atomic mass is 16.5. The van der Waals surface area contributed by atoms with E-state index >= 15 is 0 Å². The summed E-state index contributed by atoms with van der Waals surface area (Å²) in [4.78, 5) is 13.3. The number of methoxy groups -OCH3 is 2. The Morgan fingerprint density at radius 3 is 1.85 bits per heavy atom. The van der Waals surface area contributed by atoms with E-state index < -0.39 is 5.97 Å². The highest BCUT2D eigenvalue weighted by Crippen LogP contribution is 2.37. The first kappa shape index (κ1) is 25.2. The molecule has 0 spiro atoms. The first-order valence-corrected chi connectivity index (χ1v) is 12.1. The maximum absolute atomic E-state index is 11.2. The van der Waals surface area contributed by atoms with Gasteiger partial charge in [0.25, 0.3) is 0 Å². The quantitative estimate of drug-likeness (QED) is 0.168. The molecule has 0 fully saturated rings. The maximum atomic E-state index is 11.2. The molecule has 0 atom stereocenters. The van der Waals surface area contributed by atoms with Crippen LogP contribution < -0.4 is 14.4 Å². The third-order valence-corrected chi connectivity index (χ3v) is 6.28. The number of rotatable bonds is 8. The summed E-state index contributed by atoms with van der Waals surface area (Å²) in [6.07, 6.45) is 1.33. The molecule has 0 radical (unpaired) electrons. The summed E-state index contributed by atoms with van der Waals surface area (Å²) in [6.45, 7) is 0. The molecule has 7 heteroatoms. The van der Waals surface area contributed by atoms with Crippen molar-refractivity contribution in [3.05, 3.63) is 108 Å². The number of anilines is 3. The predicted molar refractivity (Wildman–Crippen MR) is 151 cm³/mol. The van der Waals surface area contributed by atoms with E-state index in [0.29, 0.717) is 16.9 Å². The van der Waals surface area contributed by atoms with Crippen molar-refractivity contribution in [3.8, 4) is 28.9 Å². The van der Waals surface area contributed by atoms with Crippen LogP contribution in [-0.4, -0.2) is 25.3 Å². The van der Waals surface area contributed by atoms with Crippen LogP contribution in [0.25, 0.3) is 28.4 Å². The van der Waals surface area contributed by atoms with Gasteiger partial charge in [-0.15, -0.1) is 0 Å². The van der Waals surface area contributed by atoms with E-state index in [2.05, 4.69) is 4.90 Å². The van der Waals surface area contributed by atoms with E-state index in [4.69, 9.17) is 24.3 Å². The molecule has 0 unspecified atom stereocenters. The summed E-state index contributed by atoms with van der Waals surface area (Å²) < 4.78 is 16.8. The average Bonchev–Trinajstić information content (AvgIpc) is 3.40. The fraction of sp³-hybridized carbons (Fsp3) is 0.0625. The molecule has 0 saturated carbocycles. The van der Waals surface area contributed by atoms with Gasteiger partial charge in [0.05, 0.1) is 14.2 Å². The van der Waals surface area contributed by atoms with E-state index in [-0.39, 0.29) is 5.57 Å². The van der Waals surface area contributed by atoms with Gasteiger partial charge < -0.3 is 23.9 Å². The summed E-state index contributed by atoms with van der Waals surface area (Å²) in [6, 6.07) is 32.7. The molecule has 0 aliphatic heterocycles. The fourth-order valence-corrected chi connectivity index (χ4v) is 4.27. The molecule has 0 saturated heterocycles. The maximum Gasteiger partial charge on any atom is 0.346 e. The van der Waals surface area contributed by atoms with Gasteiger partial charge in [0, 0.05) is 28.0 Å². The van der Waals surface area contributed by atoms with Gasteiger partial charge in [-0.3, -0.25) is 0 Å². The van der Waals surface area contributed by atoms with Gasteiger partial charge in [0.2, 0.25) is 0 Å². The highest BCUT2D eigenvalue weighted by Gasteiger charge is 2.14. The van der Waals surface area contributed by atoms with Crippen LogP contribution in [0.5, 0.6) is 11.5 Å². The third-order valence-electron chi connectivity index (χ3n) is 6.28. The minimum Gasteiger partial charge on any atom is -0.497 e. The zero-order chi connectivity index (χ0) is 27.4. The summed E-state index contributed by atoms with van der Waals surface area (Å²) in [5.41, 5.74) is 4.62. The lowest BCUT2D eigenvalue weighted by atomic mass is 10.1. The normalized spacial score (nSPS) is 11.2. The minimum absolute atomic E-state index is 0.338. The Balaban J connectivity index is 1.49. The van der Waals surface area contributed by atoms with Crippen LogP contribution in [0.3, 0.4) is 0 Å². The second kappa shape index (κ2) is 10.9. The zero-order valence-electron chi connectivity index (χ0n) is 21.3. The van der Waals surface area contributed by atoms with Gasteiger partial charge >= 0.3 is 5.97 Å². The van der Waals surface area contributed by atoms with E-state index in [9.17, 15) is 4.79 Å². The lowest BCUT2D eigenvalue weighted by molar-refractivity contribution is -0.132. The lowest BCUT2D eigenvalue weighted by Crippen LogP contribution is -2.09. The van der Waals surface area contributed by atoms with Crippen molar-refractivity contribution in [1.29, 1.82) is 5.26 Å². The number of hydrogen-bond acceptors (Lipinski definition) is 6. The Morgan fingerprint density at radius 1 is 0.821 bits per heavy atom. The van der Waals surface area contributed by atoms with Crippen LogP contribution in [0.4, 0.5) is 17.1 Å². The van der Waals surface area contributed by atoms with E-state index in [1.165, 1.54) is 6.08 Å². The van der Waals surface area contributed by atoms with Crippen LogP contribution in [0.15, 0.2) is 107 Å². The predicted octanol–water partition coefficient (Wildman–Crippen LogP) is 7.58. The number of benzene rings is 4. The van der Waals surface area contributed by atoms with Gasteiger partial charge in [-0.1, -0.05) is 12.1 Å². The summed E-state index contributed by atoms with van der Waals surface area (Å²) >= 11 is 0. The van der Waals surface area contributed by atoms with Crippen molar-refractivity contribution < 1.29 is 23.8 Å². The molecule has 0 bridgehead atoms. The largest absolute Gasteiger partial charge is 0.497 e. The van der Waals surface area contributed by atoms with Gasteiger partial charge in [-0.05, 0) is 96.6 Å². The highest BCUT2D eigenvalue weighted by molar-refractivity contribution is 5.97. The zero-order valence-corrected chi connectivity index (χ0v) is 21.3. The smallest absolute Gasteiger partial charge is 0.346 e. The molecule has 39 heavy (non-hydrogen) atoms. The number of fused-ring (bicyclic) bond motifs is 1. The van der Waals surface area contributed by atoms with Gasteiger partial charge in [-0.2, -0.15) is 5.26 Å². The molecule has 1 N–H and O–H groups in total. The minimum atomic E-state index is -1.27. The Bertz CT molecular complexity index is 1650.